The molecule has 7 heteroatoms. The van der Waals surface area contributed by atoms with E-state index in [4.69, 9.17) is 9.51 Å². The molecule has 0 aliphatic heterocycles. The van der Waals surface area contributed by atoms with Gasteiger partial charge in [-0.3, -0.25) is 4.79 Å². The molecule has 33 heavy (non-hydrogen) atoms. The van der Waals surface area contributed by atoms with Gasteiger partial charge in [-0.1, -0.05) is 29.4 Å². The average molecular weight is 440 g/mol. The average Bonchev–Trinajstić information content (AvgIpc) is 3.32. The van der Waals surface area contributed by atoms with Gasteiger partial charge in [0.25, 0.3) is 0 Å². The fraction of sp³-hybridized carbons (Fsp3) is 0.231. The fourth-order valence-electron chi connectivity index (χ4n) is 4.32. The highest BCUT2D eigenvalue weighted by molar-refractivity contribution is 5.95. The molecular weight excluding hydrogens is 414 g/mol. The number of fused-ring (bicyclic) bond motifs is 2. The number of hydrogen-bond acceptors (Lipinski definition) is 5. The third-order valence-electron chi connectivity index (χ3n) is 5.86. The zero-order valence-corrected chi connectivity index (χ0v) is 19.4. The van der Waals surface area contributed by atoms with Crippen LogP contribution in [0.4, 0.5) is 5.82 Å². The van der Waals surface area contributed by atoms with Crippen LogP contribution in [0.3, 0.4) is 0 Å². The van der Waals surface area contributed by atoms with Gasteiger partial charge in [0.15, 0.2) is 11.4 Å². The molecule has 0 radical (unpaired) electrons. The lowest BCUT2D eigenvalue weighted by atomic mass is 10.1. The number of aryl methyl sites for hydroxylation is 5. The monoisotopic (exact) mass is 439 g/mol. The molecule has 1 amide bonds. The second-order valence-corrected chi connectivity index (χ2v) is 8.66. The summed E-state index contributed by atoms with van der Waals surface area (Å²) in [6.07, 6.45) is 0.101. The fourth-order valence-corrected chi connectivity index (χ4v) is 4.32. The molecule has 0 bridgehead atoms. The highest BCUT2D eigenvalue weighted by atomic mass is 16.5. The van der Waals surface area contributed by atoms with E-state index in [0.717, 1.165) is 49.8 Å². The van der Waals surface area contributed by atoms with Crippen LogP contribution in [-0.4, -0.2) is 25.8 Å². The Morgan fingerprint density at radius 3 is 2.61 bits per heavy atom. The molecule has 0 fully saturated rings. The third-order valence-corrected chi connectivity index (χ3v) is 5.86. The largest absolute Gasteiger partial charge is 0.356 e. The smallest absolute Gasteiger partial charge is 0.231 e. The van der Waals surface area contributed by atoms with E-state index in [0.29, 0.717) is 17.3 Å². The Morgan fingerprint density at radius 1 is 0.970 bits per heavy atom. The molecule has 5 rings (SSSR count). The maximum absolute atomic E-state index is 13.0. The van der Waals surface area contributed by atoms with E-state index < -0.39 is 0 Å². The van der Waals surface area contributed by atoms with Crippen molar-refractivity contribution in [2.24, 2.45) is 0 Å². The van der Waals surface area contributed by atoms with Crippen LogP contribution in [0.5, 0.6) is 0 Å². The number of amides is 1. The summed E-state index contributed by atoms with van der Waals surface area (Å²) >= 11 is 0. The van der Waals surface area contributed by atoms with E-state index in [1.54, 1.807) is 4.68 Å². The topological polar surface area (TPSA) is 85.8 Å². The maximum atomic E-state index is 13.0. The molecule has 0 aliphatic carbocycles. The lowest BCUT2D eigenvalue weighted by Gasteiger charge is -2.11. The van der Waals surface area contributed by atoms with E-state index in [2.05, 4.69) is 28.6 Å². The van der Waals surface area contributed by atoms with Gasteiger partial charge < -0.3 is 9.84 Å². The van der Waals surface area contributed by atoms with Gasteiger partial charge in [0.05, 0.1) is 17.6 Å². The Kier molecular flexibility index (Phi) is 4.96. The molecule has 2 aromatic carbocycles. The first-order valence-electron chi connectivity index (χ1n) is 10.9. The highest BCUT2D eigenvalue weighted by Crippen LogP contribution is 2.26. The van der Waals surface area contributed by atoms with Crippen molar-refractivity contribution >= 4 is 33.6 Å². The van der Waals surface area contributed by atoms with Gasteiger partial charge in [-0.2, -0.15) is 9.78 Å². The van der Waals surface area contributed by atoms with Crippen LogP contribution in [0.25, 0.3) is 27.7 Å². The summed E-state index contributed by atoms with van der Waals surface area (Å²) in [5, 5.41) is 13.7. The van der Waals surface area contributed by atoms with Crippen LogP contribution in [0.2, 0.25) is 0 Å². The van der Waals surface area contributed by atoms with Gasteiger partial charge >= 0.3 is 0 Å². The summed E-state index contributed by atoms with van der Waals surface area (Å²) in [5.74, 6) is 1.03. The summed E-state index contributed by atoms with van der Waals surface area (Å²) < 4.78 is 7.17. The molecule has 0 aliphatic rings. The predicted molar refractivity (Wildman–Crippen MR) is 129 cm³/mol. The Balaban J connectivity index is 1.47. The number of nitrogens with one attached hydrogen (secondary N) is 1. The van der Waals surface area contributed by atoms with Crippen LogP contribution in [0.1, 0.15) is 33.6 Å². The Hall–Kier alpha value is -4.00. The third kappa shape index (κ3) is 3.75. The van der Waals surface area contributed by atoms with Crippen molar-refractivity contribution in [2.75, 3.05) is 5.32 Å². The maximum Gasteiger partial charge on any atom is 0.231 e. The lowest BCUT2D eigenvalue weighted by Crippen LogP contribution is -2.18. The van der Waals surface area contributed by atoms with Crippen LogP contribution in [0, 0.1) is 34.6 Å². The molecule has 1 N–H and O–H groups in total. The van der Waals surface area contributed by atoms with Crippen LogP contribution in [-0.2, 0) is 11.2 Å². The van der Waals surface area contributed by atoms with Crippen molar-refractivity contribution in [3.05, 3.63) is 76.1 Å². The Bertz CT molecular complexity index is 1540. The molecule has 0 spiro atoms. The summed E-state index contributed by atoms with van der Waals surface area (Å²) in [7, 11) is 0. The molecule has 0 unspecified atom stereocenters. The molecule has 0 saturated heterocycles. The van der Waals surface area contributed by atoms with E-state index in [-0.39, 0.29) is 12.3 Å². The Morgan fingerprint density at radius 2 is 1.79 bits per heavy atom. The zero-order valence-electron chi connectivity index (χ0n) is 19.4. The first-order valence-corrected chi connectivity index (χ1v) is 10.9. The van der Waals surface area contributed by atoms with E-state index in [1.165, 1.54) is 0 Å². The van der Waals surface area contributed by atoms with Crippen molar-refractivity contribution in [3.63, 3.8) is 0 Å². The number of para-hydroxylation sites is 1. The predicted octanol–water partition coefficient (Wildman–Crippen LogP) is 5.29. The number of nitrogens with zero attached hydrogens (tertiary/aromatic N) is 4. The standard InChI is InChI=1S/C26H25N5O2/c1-14-9-17(4)26-20(10-14)21(30-33-26)13-24(32)27-23-12-18(5)29-31(23)22-11-16(3)19-8-6-7-15(2)25(19)28-22/h6-12H,13H2,1-5H3,(H,27,32). The summed E-state index contributed by atoms with van der Waals surface area (Å²) in [4.78, 5) is 17.8. The molecule has 3 aromatic heterocycles. The number of benzene rings is 2. The van der Waals surface area contributed by atoms with E-state index in [1.807, 2.05) is 64.1 Å². The van der Waals surface area contributed by atoms with Gasteiger partial charge in [0.1, 0.15) is 11.5 Å². The van der Waals surface area contributed by atoms with Gasteiger partial charge in [0.2, 0.25) is 5.91 Å². The summed E-state index contributed by atoms with van der Waals surface area (Å²) in [6, 6.07) is 14.0. The van der Waals surface area contributed by atoms with Gasteiger partial charge in [0, 0.05) is 16.8 Å². The molecule has 0 atom stereocenters. The highest BCUT2D eigenvalue weighted by Gasteiger charge is 2.18. The number of aromatic nitrogens is 4. The molecule has 5 aromatic rings. The number of pyridine rings is 1. The second-order valence-electron chi connectivity index (χ2n) is 8.66. The minimum absolute atomic E-state index is 0.101. The minimum atomic E-state index is -0.195. The first kappa shape index (κ1) is 20.9. The van der Waals surface area contributed by atoms with Crippen molar-refractivity contribution in [3.8, 4) is 5.82 Å². The quantitative estimate of drug-likeness (QED) is 0.411. The first-order chi connectivity index (χ1) is 15.8. The lowest BCUT2D eigenvalue weighted by molar-refractivity contribution is -0.115. The zero-order chi connectivity index (χ0) is 23.3. The van der Waals surface area contributed by atoms with Gasteiger partial charge in [-0.25, -0.2) is 4.98 Å². The van der Waals surface area contributed by atoms with Crippen molar-refractivity contribution in [2.45, 2.75) is 41.0 Å². The SMILES string of the molecule is Cc1cc(C)c2onc(CC(=O)Nc3cc(C)nn3-c3cc(C)c4cccc(C)c4n3)c2c1. The number of hydrogen-bond donors (Lipinski definition) is 1. The van der Waals surface area contributed by atoms with Gasteiger partial charge in [-0.15, -0.1) is 0 Å². The number of carbonyl (C=O) groups is 1. The van der Waals surface area contributed by atoms with Gasteiger partial charge in [-0.05, 0) is 69.0 Å². The van der Waals surface area contributed by atoms with Crippen molar-refractivity contribution in [1.29, 1.82) is 0 Å². The van der Waals surface area contributed by atoms with E-state index >= 15 is 0 Å². The van der Waals surface area contributed by atoms with Crippen LogP contribution in [0.15, 0.2) is 47.0 Å². The van der Waals surface area contributed by atoms with Crippen molar-refractivity contribution < 1.29 is 9.32 Å². The Labute approximate surface area is 191 Å². The number of anilines is 1. The molecule has 7 nitrogen and oxygen atoms in total. The normalized spacial score (nSPS) is 11.4. The summed E-state index contributed by atoms with van der Waals surface area (Å²) in [6.45, 7) is 9.99. The van der Waals surface area contributed by atoms with Crippen LogP contribution >= 0.6 is 0 Å². The van der Waals surface area contributed by atoms with Crippen molar-refractivity contribution in [1.82, 2.24) is 19.9 Å². The number of carbonyl (C=O) groups excluding carboxylic acids is 1. The minimum Gasteiger partial charge on any atom is -0.356 e. The molecule has 0 saturated carbocycles. The number of rotatable bonds is 4. The molecule has 3 heterocycles. The van der Waals surface area contributed by atoms with Crippen LogP contribution < -0.4 is 5.32 Å². The molecule has 166 valence electrons. The second kappa shape index (κ2) is 7.85. The summed E-state index contributed by atoms with van der Waals surface area (Å²) in [5.41, 5.74) is 7.35. The molecular formula is C26H25N5O2. The van der Waals surface area contributed by atoms with E-state index in [9.17, 15) is 4.79 Å².